The molecule has 2 aliphatic rings. The number of carbonyl (C=O) groups is 1. The zero-order chi connectivity index (χ0) is 27.9. The largest absolute Gasteiger partial charge is 0.513 e. The highest BCUT2D eigenvalue weighted by Gasteiger charge is 2.27. The molecule has 1 saturated heterocycles. The van der Waals surface area contributed by atoms with Crippen molar-refractivity contribution < 1.29 is 19.0 Å². The van der Waals surface area contributed by atoms with Crippen LogP contribution in [0.2, 0.25) is 0 Å². The third-order valence-electron chi connectivity index (χ3n) is 6.29. The molecular formula is C30H45FN4O3. The summed E-state index contributed by atoms with van der Waals surface area (Å²) >= 11 is 0. The molecular weight excluding hydrogens is 483 g/mol. The molecule has 0 aromatic rings. The minimum atomic E-state index is -0.403. The molecule has 0 amide bonds. The summed E-state index contributed by atoms with van der Waals surface area (Å²) in [6.07, 6.45) is 14.8. The zero-order valence-corrected chi connectivity index (χ0v) is 23.6. The van der Waals surface area contributed by atoms with Gasteiger partial charge >= 0.3 is 5.97 Å². The van der Waals surface area contributed by atoms with Crippen LogP contribution in [0.25, 0.3) is 0 Å². The average Bonchev–Trinajstić information content (AvgIpc) is 3.25. The number of nitrogens with one attached hydrogen (secondary N) is 2. The second kappa shape index (κ2) is 16.7. The van der Waals surface area contributed by atoms with Gasteiger partial charge in [0.2, 0.25) is 0 Å². The van der Waals surface area contributed by atoms with Crippen molar-refractivity contribution >= 4 is 11.8 Å². The lowest BCUT2D eigenvalue weighted by atomic mass is 10.1. The maximum atomic E-state index is 14.3. The fraction of sp³-hybridized carbons (Fsp3) is 0.533. The van der Waals surface area contributed by atoms with Gasteiger partial charge in [-0.25, -0.2) is 4.39 Å². The summed E-state index contributed by atoms with van der Waals surface area (Å²) in [5, 5.41) is 15.8. The third kappa shape index (κ3) is 11.5. The molecule has 210 valence electrons. The molecule has 3 N–H and O–H groups in total. The summed E-state index contributed by atoms with van der Waals surface area (Å²) in [5.74, 6) is 1.16. The molecule has 38 heavy (non-hydrogen) atoms. The number of nitrogens with zero attached hydrogens (tertiary/aromatic N) is 2. The molecule has 0 aromatic heterocycles. The van der Waals surface area contributed by atoms with Gasteiger partial charge in [-0.2, -0.15) is 0 Å². The summed E-state index contributed by atoms with van der Waals surface area (Å²) in [5.41, 5.74) is 3.29. The van der Waals surface area contributed by atoms with Gasteiger partial charge in [0, 0.05) is 37.8 Å². The molecule has 0 bridgehead atoms. The molecule has 8 heteroatoms. The van der Waals surface area contributed by atoms with E-state index in [-0.39, 0.29) is 24.8 Å². The fourth-order valence-electron chi connectivity index (χ4n) is 4.19. The number of amidine groups is 1. The summed E-state index contributed by atoms with van der Waals surface area (Å²) in [6.45, 7) is 11.0. The fourth-order valence-corrected chi connectivity index (χ4v) is 4.19. The number of halogens is 1. The minimum Gasteiger partial charge on any atom is -0.513 e. The standard InChI is InChI=1S/C30H45FN4O3/c1-22(2)21-38-29(37)19-33-16-13-25-15-18-35(20-25)30(27-11-9-23(3)10-12-28(27)32-5)34-17-14-26(31)8-6-7-24(4)36/h6-11,14,22,25,32-33,36H,12-13,15-21H2,1-5H3/b8-6-,24-7+,26-14-,34-30?. The number of aliphatic imine (C=N–C) groups is 1. The van der Waals surface area contributed by atoms with Gasteiger partial charge in [-0.05, 0) is 69.4 Å². The summed E-state index contributed by atoms with van der Waals surface area (Å²) in [4.78, 5) is 19.0. The van der Waals surface area contributed by atoms with Crippen LogP contribution in [0.15, 0.2) is 76.0 Å². The number of likely N-dealkylation sites (tertiary alicyclic amines) is 1. The lowest BCUT2D eigenvalue weighted by Gasteiger charge is -2.24. The van der Waals surface area contributed by atoms with E-state index in [1.165, 1.54) is 36.8 Å². The first-order chi connectivity index (χ1) is 18.2. The monoisotopic (exact) mass is 528 g/mol. The Bertz CT molecular complexity index is 1000. The van der Waals surface area contributed by atoms with Gasteiger partial charge in [-0.3, -0.25) is 9.79 Å². The van der Waals surface area contributed by atoms with Crippen LogP contribution < -0.4 is 10.6 Å². The molecule has 0 radical (unpaired) electrons. The lowest BCUT2D eigenvalue weighted by Crippen LogP contribution is -2.32. The van der Waals surface area contributed by atoms with E-state index in [1.54, 1.807) is 0 Å². The van der Waals surface area contributed by atoms with Crippen LogP contribution in [-0.2, 0) is 9.53 Å². The normalized spacial score (nSPS) is 19.4. The number of allylic oxidation sites excluding steroid dienone is 8. The van der Waals surface area contributed by atoms with E-state index in [2.05, 4.69) is 40.7 Å². The highest BCUT2D eigenvalue weighted by Crippen LogP contribution is 2.25. The Balaban J connectivity index is 2.08. The molecule has 0 saturated carbocycles. The van der Waals surface area contributed by atoms with E-state index in [0.717, 1.165) is 56.0 Å². The Morgan fingerprint density at radius 2 is 2.16 bits per heavy atom. The van der Waals surface area contributed by atoms with Crippen molar-refractivity contribution in [3.63, 3.8) is 0 Å². The molecule has 1 unspecified atom stereocenters. The number of rotatable bonds is 13. The molecule has 1 aliphatic heterocycles. The summed E-state index contributed by atoms with van der Waals surface area (Å²) in [7, 11) is 1.92. The van der Waals surface area contributed by atoms with Crippen LogP contribution in [0.5, 0.6) is 0 Å². The molecule has 1 heterocycles. The average molecular weight is 529 g/mol. The number of aliphatic hydroxyl groups excluding tert-OH is 1. The van der Waals surface area contributed by atoms with Crippen molar-refractivity contribution in [3.05, 3.63) is 71.0 Å². The number of hydrogen-bond donors (Lipinski definition) is 3. The van der Waals surface area contributed by atoms with E-state index in [1.807, 2.05) is 20.9 Å². The molecule has 1 atom stereocenters. The van der Waals surface area contributed by atoms with Crippen LogP contribution in [0.3, 0.4) is 0 Å². The first kappa shape index (κ1) is 31.1. The second-order valence-electron chi connectivity index (χ2n) is 10.2. The number of ether oxygens (including phenoxy) is 1. The first-order valence-corrected chi connectivity index (χ1v) is 13.5. The van der Waals surface area contributed by atoms with Crippen molar-refractivity contribution in [1.29, 1.82) is 0 Å². The van der Waals surface area contributed by atoms with Gasteiger partial charge in [0.25, 0.3) is 0 Å². The Labute approximate surface area is 227 Å². The van der Waals surface area contributed by atoms with Crippen LogP contribution in [-0.4, -0.2) is 68.2 Å². The van der Waals surface area contributed by atoms with E-state index >= 15 is 0 Å². The Hall–Kier alpha value is -3.13. The molecule has 0 aromatic carbocycles. The number of aliphatic hydroxyl groups is 1. The second-order valence-corrected chi connectivity index (χ2v) is 10.2. The van der Waals surface area contributed by atoms with Crippen molar-refractivity contribution in [2.24, 2.45) is 16.8 Å². The number of hydrogen-bond acceptors (Lipinski definition) is 6. The highest BCUT2D eigenvalue weighted by atomic mass is 19.1. The van der Waals surface area contributed by atoms with Gasteiger partial charge < -0.3 is 25.4 Å². The predicted molar refractivity (Wildman–Crippen MR) is 154 cm³/mol. The van der Waals surface area contributed by atoms with E-state index < -0.39 is 5.83 Å². The van der Waals surface area contributed by atoms with Crippen LogP contribution in [0, 0.1) is 11.8 Å². The van der Waals surface area contributed by atoms with Gasteiger partial charge in [0.05, 0.1) is 25.5 Å². The predicted octanol–water partition coefficient (Wildman–Crippen LogP) is 5.14. The Morgan fingerprint density at radius 1 is 1.37 bits per heavy atom. The SMILES string of the molecule is CNC1=C(C(=NC/C=C(F)/C=C\C=C(/C)O)N2CCC(CCNCC(=O)OCC(C)C)C2)C=CC(C)=CC1. The topological polar surface area (TPSA) is 86.2 Å². The zero-order valence-electron chi connectivity index (χ0n) is 23.6. The molecule has 1 fully saturated rings. The maximum absolute atomic E-state index is 14.3. The van der Waals surface area contributed by atoms with E-state index in [0.29, 0.717) is 18.4 Å². The third-order valence-corrected chi connectivity index (χ3v) is 6.29. The molecule has 7 nitrogen and oxygen atoms in total. The van der Waals surface area contributed by atoms with Crippen LogP contribution in [0.4, 0.5) is 4.39 Å². The summed E-state index contributed by atoms with van der Waals surface area (Å²) in [6, 6.07) is 0. The van der Waals surface area contributed by atoms with Crippen molar-refractivity contribution in [3.8, 4) is 0 Å². The van der Waals surface area contributed by atoms with E-state index in [9.17, 15) is 14.3 Å². The van der Waals surface area contributed by atoms with Crippen LogP contribution in [0.1, 0.15) is 47.0 Å². The molecule has 2 rings (SSSR count). The van der Waals surface area contributed by atoms with Gasteiger partial charge in [0.1, 0.15) is 11.7 Å². The Morgan fingerprint density at radius 3 is 2.87 bits per heavy atom. The highest BCUT2D eigenvalue weighted by molar-refractivity contribution is 6.02. The van der Waals surface area contributed by atoms with Gasteiger partial charge in [-0.1, -0.05) is 37.6 Å². The van der Waals surface area contributed by atoms with Gasteiger partial charge in [0.15, 0.2) is 0 Å². The smallest absolute Gasteiger partial charge is 0.319 e. The minimum absolute atomic E-state index is 0.120. The van der Waals surface area contributed by atoms with Gasteiger partial charge in [-0.15, -0.1) is 0 Å². The van der Waals surface area contributed by atoms with E-state index in [4.69, 9.17) is 9.73 Å². The Kier molecular flexibility index (Phi) is 13.6. The lowest BCUT2D eigenvalue weighted by molar-refractivity contribution is -0.143. The summed E-state index contributed by atoms with van der Waals surface area (Å²) < 4.78 is 19.5. The van der Waals surface area contributed by atoms with Crippen molar-refractivity contribution in [2.75, 3.05) is 46.4 Å². The van der Waals surface area contributed by atoms with Crippen molar-refractivity contribution in [2.45, 2.75) is 47.0 Å². The number of esters is 1. The van der Waals surface area contributed by atoms with Crippen molar-refractivity contribution in [1.82, 2.24) is 15.5 Å². The number of carbonyl (C=O) groups excluding carboxylic acids is 1. The molecule has 0 spiro atoms. The maximum Gasteiger partial charge on any atom is 0.319 e. The first-order valence-electron chi connectivity index (χ1n) is 13.5. The quantitative estimate of drug-likeness (QED) is 0.0767. The van der Waals surface area contributed by atoms with Crippen LogP contribution >= 0.6 is 0 Å². The molecule has 1 aliphatic carbocycles.